The number of hydrogen-bond acceptors (Lipinski definition) is 11. The third-order valence-corrected chi connectivity index (χ3v) is 10.1. The summed E-state index contributed by atoms with van der Waals surface area (Å²) in [5.74, 6) is 7.92. The third kappa shape index (κ3) is 9.98. The van der Waals surface area contributed by atoms with Crippen LogP contribution in [0.25, 0.3) is 0 Å². The summed E-state index contributed by atoms with van der Waals surface area (Å²) in [6.07, 6.45) is 8.61. The predicted octanol–water partition coefficient (Wildman–Crippen LogP) is 7.68. The molecule has 6 N–H and O–H groups in total. The molecule has 58 heavy (non-hydrogen) atoms. The fourth-order valence-electron chi connectivity index (χ4n) is 6.69. The summed E-state index contributed by atoms with van der Waals surface area (Å²) in [5, 5.41) is 11.2. The Hall–Kier alpha value is -5.86. The minimum Gasteiger partial charge on any atom is -0.496 e. The molecule has 3 aromatic rings. The smallest absolute Gasteiger partial charge is 0.269 e. The number of nitro benzene ring substituents is 1. The first-order valence-electron chi connectivity index (χ1n) is 19.7. The average Bonchev–Trinajstić information content (AvgIpc) is 3.22. The number of hydrogen-bond donors (Lipinski definition) is 4. The molecule has 2 unspecified atom stereocenters. The lowest BCUT2D eigenvalue weighted by molar-refractivity contribution is -0.384. The first kappa shape index (κ1) is 44.8. The van der Waals surface area contributed by atoms with Crippen molar-refractivity contribution in [1.82, 2.24) is 10.9 Å². The molecule has 0 aliphatic heterocycles. The summed E-state index contributed by atoms with van der Waals surface area (Å²) < 4.78 is 18.6. The fourth-order valence-corrected chi connectivity index (χ4v) is 6.69. The molecule has 3 aromatic carbocycles. The Bertz CT molecular complexity index is 2000. The lowest BCUT2D eigenvalue weighted by atomic mass is 9.65. The normalized spacial score (nSPS) is 17.6. The van der Waals surface area contributed by atoms with E-state index in [4.69, 9.17) is 25.9 Å². The van der Waals surface area contributed by atoms with Gasteiger partial charge < -0.3 is 14.2 Å². The number of carbonyl (C=O) groups excluding carboxylic acids is 4. The second-order valence-corrected chi connectivity index (χ2v) is 15.3. The third-order valence-electron chi connectivity index (χ3n) is 10.1. The van der Waals surface area contributed by atoms with Crippen molar-refractivity contribution in [3.8, 4) is 11.5 Å². The van der Waals surface area contributed by atoms with Crippen molar-refractivity contribution in [3.05, 3.63) is 123 Å². The number of ketones is 2. The number of rotatable bonds is 21. The zero-order chi connectivity index (χ0) is 42.5. The Morgan fingerprint density at radius 1 is 0.672 bits per heavy atom. The Balaban J connectivity index is 1.95. The molecule has 14 heteroatoms. The van der Waals surface area contributed by atoms with Crippen LogP contribution in [0.15, 0.2) is 96.5 Å². The first-order valence-corrected chi connectivity index (χ1v) is 19.7. The molecule has 0 aromatic heterocycles. The Kier molecular flexibility index (Phi) is 15.5. The van der Waals surface area contributed by atoms with Crippen molar-refractivity contribution < 1.29 is 38.3 Å². The maximum atomic E-state index is 15.1. The Morgan fingerprint density at radius 3 is 1.62 bits per heavy atom. The van der Waals surface area contributed by atoms with Crippen molar-refractivity contribution in [2.75, 3.05) is 13.2 Å². The average molecular weight is 798 g/mol. The van der Waals surface area contributed by atoms with E-state index >= 15 is 4.79 Å². The van der Waals surface area contributed by atoms with Crippen LogP contribution in [0.1, 0.15) is 112 Å². The van der Waals surface area contributed by atoms with Gasteiger partial charge in [0, 0.05) is 23.3 Å². The Morgan fingerprint density at radius 2 is 1.17 bits per heavy atom. The molecule has 0 saturated heterocycles. The van der Waals surface area contributed by atoms with E-state index in [1.165, 1.54) is 48.5 Å². The molecule has 310 valence electrons. The molecule has 14 nitrogen and oxygen atoms in total. The number of nitrogens with zero attached hydrogens (tertiary/aromatic N) is 1. The van der Waals surface area contributed by atoms with Crippen molar-refractivity contribution in [1.29, 1.82) is 0 Å². The van der Waals surface area contributed by atoms with Crippen LogP contribution in [0, 0.1) is 20.9 Å². The van der Waals surface area contributed by atoms with Gasteiger partial charge in [-0.15, -0.1) is 0 Å². The van der Waals surface area contributed by atoms with Gasteiger partial charge in [-0.25, -0.2) is 11.7 Å². The summed E-state index contributed by atoms with van der Waals surface area (Å²) >= 11 is 0. The van der Waals surface area contributed by atoms with Gasteiger partial charge in [0.2, 0.25) is 0 Å². The van der Waals surface area contributed by atoms with Crippen molar-refractivity contribution in [2.24, 2.45) is 22.5 Å². The number of unbranched alkanes of at least 4 members (excludes halogenated alkanes) is 6. The van der Waals surface area contributed by atoms with Crippen LogP contribution in [0.3, 0.4) is 0 Å². The zero-order valence-electron chi connectivity index (χ0n) is 33.9. The standard InChI is InChI=1S/C44H55N5O9/c1-6-8-10-12-25-56-36-29-44(41(53)48-46,39(51)31-15-14-16-35(27-31)58-34-23-21-33(22-24-34)49(54)55)37(57-26-13-11-9-7-2)28-43(36,40(52)47-45)38(50)30-17-19-32(20-18-30)42(3,4)5/h14-24,27-29H,6-13,25-26,45-46H2,1-5H3,(H,47,52)(H,48,53). The van der Waals surface area contributed by atoms with Crippen LogP contribution in [0.2, 0.25) is 0 Å². The SMILES string of the molecule is CCCCCCOC1=CC(C(=O)NN)(C(=O)c2cccc(Oc3ccc([N+](=O)[O-])cc3)c2)C(OCCCCCC)=CC1(C(=O)NN)C(=O)c1ccc(C(C)(C)C)cc1. The highest BCUT2D eigenvalue weighted by Gasteiger charge is 2.60. The van der Waals surface area contributed by atoms with Crippen LogP contribution in [0.4, 0.5) is 5.69 Å². The largest absolute Gasteiger partial charge is 0.496 e. The van der Waals surface area contributed by atoms with Gasteiger partial charge in [-0.3, -0.25) is 40.1 Å². The fraction of sp³-hybridized carbons (Fsp3) is 0.409. The number of ether oxygens (including phenoxy) is 3. The first-order chi connectivity index (χ1) is 27.7. The van der Waals surface area contributed by atoms with Gasteiger partial charge in [0.15, 0.2) is 22.4 Å². The van der Waals surface area contributed by atoms with Crippen LogP contribution < -0.4 is 27.3 Å². The number of benzene rings is 3. The number of nitro groups is 1. The summed E-state index contributed by atoms with van der Waals surface area (Å²) in [6, 6.07) is 18.2. The van der Waals surface area contributed by atoms with E-state index in [-0.39, 0.29) is 58.5 Å². The van der Waals surface area contributed by atoms with Gasteiger partial charge >= 0.3 is 0 Å². The molecule has 2 amide bonds. The maximum Gasteiger partial charge on any atom is 0.269 e. The molecule has 0 saturated carbocycles. The lowest BCUT2D eigenvalue weighted by Crippen LogP contribution is -2.56. The molecule has 0 fully saturated rings. The van der Waals surface area contributed by atoms with Crippen molar-refractivity contribution in [3.63, 3.8) is 0 Å². The molecule has 0 spiro atoms. The van der Waals surface area contributed by atoms with Crippen LogP contribution >= 0.6 is 0 Å². The summed E-state index contributed by atoms with van der Waals surface area (Å²) in [7, 11) is 0. The maximum absolute atomic E-state index is 15.1. The summed E-state index contributed by atoms with van der Waals surface area (Å²) in [4.78, 5) is 69.3. The Labute approximate surface area is 339 Å². The van der Waals surface area contributed by atoms with Gasteiger partial charge in [0.05, 0.1) is 18.1 Å². The molecule has 1 aliphatic carbocycles. The van der Waals surface area contributed by atoms with Gasteiger partial charge in [-0.05, 0) is 60.2 Å². The molecular weight excluding hydrogens is 743 g/mol. The number of amides is 2. The summed E-state index contributed by atoms with van der Waals surface area (Å²) in [5.41, 5.74) is 0.245. The van der Waals surface area contributed by atoms with Crippen LogP contribution in [-0.4, -0.2) is 41.5 Å². The van der Waals surface area contributed by atoms with Crippen LogP contribution in [-0.2, 0) is 24.5 Å². The number of Topliss-reactive ketones (excluding diaryl/α,β-unsaturated/α-hetero) is 2. The highest BCUT2D eigenvalue weighted by atomic mass is 16.6. The van der Waals surface area contributed by atoms with Gasteiger partial charge in [0.1, 0.15) is 23.0 Å². The zero-order valence-corrected chi connectivity index (χ0v) is 33.9. The van der Waals surface area contributed by atoms with E-state index < -0.39 is 39.1 Å². The number of carbonyl (C=O) groups is 4. The minimum atomic E-state index is -2.39. The monoisotopic (exact) mass is 797 g/mol. The number of nitrogens with two attached hydrogens (primary N) is 2. The number of nitrogens with one attached hydrogen (secondary N) is 2. The van der Waals surface area contributed by atoms with Crippen LogP contribution in [0.5, 0.6) is 11.5 Å². The highest BCUT2D eigenvalue weighted by Crippen LogP contribution is 2.49. The predicted molar refractivity (Wildman–Crippen MR) is 219 cm³/mol. The molecular formula is C44H55N5O9. The second-order valence-electron chi connectivity index (χ2n) is 15.3. The lowest BCUT2D eigenvalue weighted by Gasteiger charge is -2.40. The molecule has 2 atom stereocenters. The number of non-ortho nitro benzene ring substituents is 1. The van der Waals surface area contributed by atoms with E-state index in [0.717, 1.165) is 50.2 Å². The van der Waals surface area contributed by atoms with E-state index in [9.17, 15) is 24.5 Å². The summed E-state index contributed by atoms with van der Waals surface area (Å²) in [6.45, 7) is 10.3. The molecule has 4 rings (SSSR count). The van der Waals surface area contributed by atoms with Gasteiger partial charge in [-0.1, -0.05) is 110 Å². The quantitative estimate of drug-likeness (QED) is 0.0156. The van der Waals surface area contributed by atoms with E-state index in [1.807, 2.05) is 27.7 Å². The molecule has 0 bridgehead atoms. The van der Waals surface area contributed by atoms with Crippen molar-refractivity contribution in [2.45, 2.75) is 91.4 Å². The van der Waals surface area contributed by atoms with Gasteiger partial charge in [0.25, 0.3) is 17.5 Å². The number of hydrazine groups is 2. The molecule has 0 radical (unpaired) electrons. The minimum absolute atomic E-state index is 0.0256. The van der Waals surface area contributed by atoms with E-state index in [2.05, 4.69) is 17.8 Å². The van der Waals surface area contributed by atoms with Crippen molar-refractivity contribution >= 4 is 29.1 Å². The van der Waals surface area contributed by atoms with E-state index in [0.29, 0.717) is 12.8 Å². The topological polar surface area (TPSA) is 215 Å². The van der Waals surface area contributed by atoms with E-state index in [1.54, 1.807) is 30.3 Å². The second kappa shape index (κ2) is 20.0. The molecule has 0 heterocycles. The molecule has 1 aliphatic rings. The highest BCUT2D eigenvalue weighted by molar-refractivity contribution is 6.22. The van der Waals surface area contributed by atoms with Gasteiger partial charge in [-0.2, -0.15) is 0 Å².